The summed E-state index contributed by atoms with van der Waals surface area (Å²) < 4.78 is 0. The largest absolute Gasteiger partial charge is 0.481 e. The van der Waals surface area contributed by atoms with Crippen molar-refractivity contribution in [3.05, 3.63) is 0 Å². The van der Waals surface area contributed by atoms with Gasteiger partial charge >= 0.3 is 0 Å². The molecule has 0 aromatic rings. The number of carboxylic acids is 1. The van der Waals surface area contributed by atoms with E-state index < -0.39 is 5.97 Å². The highest BCUT2D eigenvalue weighted by molar-refractivity contribution is 5.62. The van der Waals surface area contributed by atoms with Crippen LogP contribution in [-0.2, 0) is 4.79 Å². The molecular weight excluding hydrogens is 252 g/mol. The van der Waals surface area contributed by atoms with E-state index in [0.29, 0.717) is 0 Å². The van der Waals surface area contributed by atoms with E-state index in [9.17, 15) is 5.11 Å². The number of aliphatic hydroxyl groups excluding tert-OH is 1. The molecule has 0 aliphatic carbocycles. The van der Waals surface area contributed by atoms with Crippen molar-refractivity contribution < 1.29 is 15.0 Å². The van der Waals surface area contributed by atoms with Gasteiger partial charge in [-0.1, -0.05) is 78.1 Å². The van der Waals surface area contributed by atoms with Crippen molar-refractivity contribution in [2.75, 3.05) is 0 Å². The molecular formula is C17H36O3. The highest BCUT2D eigenvalue weighted by Crippen LogP contribution is 2.12. The van der Waals surface area contributed by atoms with Crippen molar-refractivity contribution >= 4 is 5.97 Å². The molecule has 0 aromatic heterocycles. The first-order chi connectivity index (χ1) is 9.54. The summed E-state index contributed by atoms with van der Waals surface area (Å²) in [4.78, 5) is 9.00. The van der Waals surface area contributed by atoms with Gasteiger partial charge in [0.1, 0.15) is 0 Å². The minimum atomic E-state index is -0.833. The second kappa shape index (κ2) is 18.4. The number of rotatable bonds is 12. The van der Waals surface area contributed by atoms with Crippen LogP contribution >= 0.6 is 0 Å². The molecule has 1 unspecified atom stereocenters. The topological polar surface area (TPSA) is 57.5 Å². The third-order valence-corrected chi connectivity index (χ3v) is 3.26. The van der Waals surface area contributed by atoms with Crippen molar-refractivity contribution in [1.29, 1.82) is 0 Å². The average Bonchev–Trinajstić information content (AvgIpc) is 2.36. The van der Waals surface area contributed by atoms with Gasteiger partial charge in [0.05, 0.1) is 6.10 Å². The fraction of sp³-hybridized carbons (Fsp3) is 0.941. The van der Waals surface area contributed by atoms with Crippen LogP contribution in [0.2, 0.25) is 0 Å². The zero-order valence-electron chi connectivity index (χ0n) is 13.9. The minimum Gasteiger partial charge on any atom is -0.481 e. The van der Waals surface area contributed by atoms with E-state index in [-0.39, 0.29) is 6.10 Å². The third kappa shape index (κ3) is 26.1. The third-order valence-electron chi connectivity index (χ3n) is 3.26. The van der Waals surface area contributed by atoms with Crippen LogP contribution in [0.25, 0.3) is 0 Å². The molecule has 0 aliphatic rings. The molecule has 0 heterocycles. The molecule has 20 heavy (non-hydrogen) atoms. The number of aliphatic hydroxyl groups is 1. The first-order valence-electron chi connectivity index (χ1n) is 8.42. The standard InChI is InChI=1S/C15H32O.C2H4O2/c1-3-5-6-7-8-9-10-11-12-14-15(16)13-4-2;1-2(3)4/h15-16H,3-14H2,1-2H3;1H3,(H,3,4). The lowest BCUT2D eigenvalue weighted by Crippen LogP contribution is -2.04. The minimum absolute atomic E-state index is 0.0328. The maximum atomic E-state index is 9.55. The van der Waals surface area contributed by atoms with E-state index in [1.165, 1.54) is 57.8 Å². The highest BCUT2D eigenvalue weighted by atomic mass is 16.4. The molecule has 3 heteroatoms. The summed E-state index contributed by atoms with van der Waals surface area (Å²) in [5.41, 5.74) is 0. The molecule has 0 aromatic carbocycles. The number of hydrogen-bond acceptors (Lipinski definition) is 2. The molecule has 2 N–H and O–H groups in total. The maximum Gasteiger partial charge on any atom is 0.300 e. The first kappa shape index (κ1) is 21.7. The van der Waals surface area contributed by atoms with E-state index in [4.69, 9.17) is 9.90 Å². The van der Waals surface area contributed by atoms with E-state index >= 15 is 0 Å². The molecule has 3 nitrogen and oxygen atoms in total. The highest BCUT2D eigenvalue weighted by Gasteiger charge is 2.01. The Morgan fingerprint density at radius 2 is 1.20 bits per heavy atom. The van der Waals surface area contributed by atoms with Gasteiger partial charge in [0.15, 0.2) is 0 Å². The van der Waals surface area contributed by atoms with Crippen molar-refractivity contribution in [3.8, 4) is 0 Å². The Bertz CT molecular complexity index is 189. The quantitative estimate of drug-likeness (QED) is 0.488. The van der Waals surface area contributed by atoms with Crippen LogP contribution in [0.1, 0.15) is 97.8 Å². The van der Waals surface area contributed by atoms with Gasteiger partial charge in [0.2, 0.25) is 0 Å². The van der Waals surface area contributed by atoms with Gasteiger partial charge < -0.3 is 10.2 Å². The fourth-order valence-corrected chi connectivity index (χ4v) is 2.17. The lowest BCUT2D eigenvalue weighted by Gasteiger charge is -2.08. The van der Waals surface area contributed by atoms with Crippen molar-refractivity contribution in [1.82, 2.24) is 0 Å². The Morgan fingerprint density at radius 3 is 1.60 bits per heavy atom. The Labute approximate surface area is 125 Å². The molecule has 0 fully saturated rings. The van der Waals surface area contributed by atoms with E-state index in [1.807, 2.05) is 0 Å². The number of carbonyl (C=O) groups is 1. The number of unbranched alkanes of at least 4 members (excludes halogenated alkanes) is 8. The van der Waals surface area contributed by atoms with Crippen LogP contribution < -0.4 is 0 Å². The lowest BCUT2D eigenvalue weighted by atomic mass is 10.0. The molecule has 0 saturated heterocycles. The molecule has 0 amide bonds. The monoisotopic (exact) mass is 288 g/mol. The Morgan fingerprint density at radius 1 is 0.800 bits per heavy atom. The van der Waals surface area contributed by atoms with Crippen molar-refractivity contribution in [2.45, 2.75) is 104 Å². The van der Waals surface area contributed by atoms with Gasteiger partial charge in [-0.15, -0.1) is 0 Å². The predicted octanol–water partition coefficient (Wildman–Crippen LogP) is 5.16. The molecule has 0 rings (SSSR count). The van der Waals surface area contributed by atoms with Crippen LogP contribution in [0.5, 0.6) is 0 Å². The molecule has 0 spiro atoms. The van der Waals surface area contributed by atoms with Gasteiger partial charge in [0.25, 0.3) is 5.97 Å². The van der Waals surface area contributed by atoms with Crippen LogP contribution in [-0.4, -0.2) is 22.3 Å². The predicted molar refractivity (Wildman–Crippen MR) is 86.1 cm³/mol. The summed E-state index contributed by atoms with van der Waals surface area (Å²) in [6, 6.07) is 0. The molecule has 1 atom stereocenters. The van der Waals surface area contributed by atoms with E-state index in [1.54, 1.807) is 0 Å². The summed E-state index contributed by atoms with van der Waals surface area (Å²) in [5.74, 6) is -0.833. The SMILES string of the molecule is CC(=O)O.CCCCCCCCCCCC(O)CCC. The van der Waals surface area contributed by atoms with E-state index in [0.717, 1.165) is 26.2 Å². The second-order valence-electron chi connectivity index (χ2n) is 5.58. The summed E-state index contributed by atoms with van der Waals surface area (Å²) in [7, 11) is 0. The van der Waals surface area contributed by atoms with Gasteiger partial charge in [-0.25, -0.2) is 0 Å². The molecule has 0 aliphatic heterocycles. The van der Waals surface area contributed by atoms with Crippen LogP contribution in [0.3, 0.4) is 0 Å². The lowest BCUT2D eigenvalue weighted by molar-refractivity contribution is -0.134. The van der Waals surface area contributed by atoms with Gasteiger partial charge in [-0.05, 0) is 12.8 Å². The zero-order chi connectivity index (χ0) is 15.6. The van der Waals surface area contributed by atoms with Crippen LogP contribution in [0.15, 0.2) is 0 Å². The van der Waals surface area contributed by atoms with Gasteiger partial charge in [-0.3, -0.25) is 4.79 Å². The molecule has 0 bridgehead atoms. The molecule has 0 radical (unpaired) electrons. The normalized spacial score (nSPS) is 11.6. The van der Waals surface area contributed by atoms with Crippen LogP contribution in [0, 0.1) is 0 Å². The fourth-order valence-electron chi connectivity index (χ4n) is 2.17. The second-order valence-corrected chi connectivity index (χ2v) is 5.58. The van der Waals surface area contributed by atoms with Crippen molar-refractivity contribution in [3.63, 3.8) is 0 Å². The Hall–Kier alpha value is -0.570. The van der Waals surface area contributed by atoms with Crippen LogP contribution in [0.4, 0.5) is 0 Å². The number of aliphatic carboxylic acids is 1. The summed E-state index contributed by atoms with van der Waals surface area (Å²) in [5, 5.41) is 17.0. The summed E-state index contributed by atoms with van der Waals surface area (Å²) >= 11 is 0. The molecule has 122 valence electrons. The number of hydrogen-bond donors (Lipinski definition) is 2. The zero-order valence-corrected chi connectivity index (χ0v) is 13.9. The Balaban J connectivity index is 0. The summed E-state index contributed by atoms with van der Waals surface area (Å²) in [6.45, 7) is 5.49. The number of carboxylic acid groups (broad SMARTS) is 1. The van der Waals surface area contributed by atoms with E-state index in [2.05, 4.69) is 13.8 Å². The maximum absolute atomic E-state index is 9.55. The van der Waals surface area contributed by atoms with Crippen molar-refractivity contribution in [2.24, 2.45) is 0 Å². The average molecular weight is 288 g/mol. The first-order valence-corrected chi connectivity index (χ1v) is 8.42. The Kier molecular flexibility index (Phi) is 20.0. The molecule has 0 saturated carbocycles. The smallest absolute Gasteiger partial charge is 0.300 e. The van der Waals surface area contributed by atoms with Gasteiger partial charge in [-0.2, -0.15) is 0 Å². The van der Waals surface area contributed by atoms with Gasteiger partial charge in [0, 0.05) is 6.92 Å². The summed E-state index contributed by atoms with van der Waals surface area (Å²) in [6.07, 6.45) is 15.4.